The summed E-state index contributed by atoms with van der Waals surface area (Å²) in [6.07, 6.45) is 7.24. The van der Waals surface area contributed by atoms with Gasteiger partial charge in [-0.3, -0.25) is 0 Å². The van der Waals surface area contributed by atoms with Crippen LogP contribution in [0.2, 0.25) is 0 Å². The van der Waals surface area contributed by atoms with Gasteiger partial charge >= 0.3 is 0 Å². The zero-order chi connectivity index (χ0) is 35.8. The van der Waals surface area contributed by atoms with E-state index in [0.717, 1.165) is 12.8 Å². The Kier molecular flexibility index (Phi) is 7.67. The van der Waals surface area contributed by atoms with E-state index >= 15 is 0 Å². The molecule has 6 aromatic rings. The average Bonchev–Trinajstić information content (AvgIpc) is 3.39. The normalized spacial score (nSPS) is 17.4. The fraction of sp³-hybridized carbons (Fsp3) is 0.294. The molecule has 0 fully saturated rings. The van der Waals surface area contributed by atoms with Gasteiger partial charge in [-0.15, -0.1) is 0 Å². The number of anilines is 3. The van der Waals surface area contributed by atoms with Gasteiger partial charge in [-0.2, -0.15) is 0 Å². The molecule has 0 saturated carbocycles. The van der Waals surface area contributed by atoms with Gasteiger partial charge in [0.25, 0.3) is 0 Å². The van der Waals surface area contributed by atoms with Crippen LogP contribution in [0.3, 0.4) is 0 Å². The molecule has 9 rings (SSSR count). The Balaban J connectivity index is 1.24. The van der Waals surface area contributed by atoms with E-state index in [1.807, 2.05) is 0 Å². The molecule has 0 atom stereocenters. The highest BCUT2D eigenvalue weighted by Crippen LogP contribution is 2.54. The molecular formula is C51H51N. The molecule has 3 aliphatic carbocycles. The molecule has 260 valence electrons. The van der Waals surface area contributed by atoms with Crippen LogP contribution in [0.25, 0.3) is 33.4 Å². The Hall–Kier alpha value is -4.88. The Morgan fingerprint density at radius 1 is 0.442 bits per heavy atom. The number of rotatable bonds is 5. The second kappa shape index (κ2) is 12.1. The second-order valence-electron chi connectivity index (χ2n) is 17.5. The zero-order valence-corrected chi connectivity index (χ0v) is 31.8. The minimum atomic E-state index is -0.101. The summed E-state index contributed by atoms with van der Waals surface area (Å²) < 4.78 is 0. The van der Waals surface area contributed by atoms with Crippen molar-refractivity contribution in [3.63, 3.8) is 0 Å². The fourth-order valence-corrected chi connectivity index (χ4v) is 9.72. The van der Waals surface area contributed by atoms with Gasteiger partial charge < -0.3 is 4.90 Å². The number of para-hydroxylation sites is 1. The van der Waals surface area contributed by atoms with Gasteiger partial charge in [0, 0.05) is 22.4 Å². The van der Waals surface area contributed by atoms with Crippen LogP contribution in [0.5, 0.6) is 0 Å². The summed E-state index contributed by atoms with van der Waals surface area (Å²) in [5, 5.41) is 0. The van der Waals surface area contributed by atoms with Crippen molar-refractivity contribution in [2.45, 2.75) is 96.3 Å². The SMILES string of the molecule is CC1(C)CCC(C)(C)c2cc(-c3ccc(-c4cc5c(cc4N(c4ccccc4)c4cccc6c4CCCC6)C(C)(C)c4ccccc4-5)cc3)ccc21. The highest BCUT2D eigenvalue weighted by molar-refractivity contribution is 5.95. The summed E-state index contributed by atoms with van der Waals surface area (Å²) >= 11 is 0. The van der Waals surface area contributed by atoms with Crippen LogP contribution in [-0.2, 0) is 29.1 Å². The number of hydrogen-bond acceptors (Lipinski definition) is 1. The van der Waals surface area contributed by atoms with Gasteiger partial charge in [0.2, 0.25) is 0 Å². The molecule has 3 aliphatic rings. The fourth-order valence-electron chi connectivity index (χ4n) is 9.72. The lowest BCUT2D eigenvalue weighted by Gasteiger charge is -2.42. The van der Waals surface area contributed by atoms with E-state index in [9.17, 15) is 0 Å². The molecule has 0 heterocycles. The molecule has 1 heteroatoms. The predicted octanol–water partition coefficient (Wildman–Crippen LogP) is 14.0. The summed E-state index contributed by atoms with van der Waals surface area (Å²) in [4.78, 5) is 2.57. The maximum absolute atomic E-state index is 2.57. The van der Waals surface area contributed by atoms with Crippen LogP contribution in [0.4, 0.5) is 17.1 Å². The first-order valence-electron chi connectivity index (χ1n) is 19.5. The van der Waals surface area contributed by atoms with Crippen molar-refractivity contribution in [1.82, 2.24) is 0 Å². The molecule has 0 unspecified atom stereocenters. The molecular weight excluding hydrogens is 627 g/mol. The van der Waals surface area contributed by atoms with E-state index in [0.29, 0.717) is 0 Å². The molecule has 0 radical (unpaired) electrons. The van der Waals surface area contributed by atoms with Gasteiger partial charge in [0.15, 0.2) is 0 Å². The van der Waals surface area contributed by atoms with Gasteiger partial charge in [-0.25, -0.2) is 0 Å². The highest BCUT2D eigenvalue weighted by Gasteiger charge is 2.38. The first-order chi connectivity index (χ1) is 25.0. The smallest absolute Gasteiger partial charge is 0.0543 e. The second-order valence-corrected chi connectivity index (χ2v) is 17.5. The third-order valence-corrected chi connectivity index (χ3v) is 12.9. The summed E-state index contributed by atoms with van der Waals surface area (Å²) in [6, 6.07) is 48.8. The van der Waals surface area contributed by atoms with E-state index in [1.165, 1.54) is 110 Å². The largest absolute Gasteiger partial charge is 0.310 e. The zero-order valence-electron chi connectivity index (χ0n) is 31.8. The average molecular weight is 678 g/mol. The summed E-state index contributed by atoms with van der Waals surface area (Å²) in [6.45, 7) is 14.5. The molecule has 0 aromatic heterocycles. The molecule has 0 aliphatic heterocycles. The molecule has 6 aromatic carbocycles. The maximum atomic E-state index is 2.57. The van der Waals surface area contributed by atoms with Crippen LogP contribution in [0, 0.1) is 0 Å². The molecule has 0 N–H and O–H groups in total. The monoisotopic (exact) mass is 677 g/mol. The topological polar surface area (TPSA) is 3.24 Å². The standard InChI is InChI=1S/C51H51N/c1-49(2)29-30-50(3,4)46-31-37(27-28-44(46)49)34-23-25-36(26-24-34)41-32-42-40-20-12-13-21-43(40)51(5,6)45(42)33-48(41)52(38-17-8-7-9-18-38)47-22-14-16-35-15-10-11-19-39(35)47/h7-9,12-14,16-18,20-28,31-33H,10-11,15,19,29-30H2,1-6H3. The van der Waals surface area contributed by atoms with Crippen molar-refractivity contribution in [3.8, 4) is 33.4 Å². The first kappa shape index (κ1) is 33.0. The lowest BCUT2D eigenvalue weighted by atomic mass is 9.63. The van der Waals surface area contributed by atoms with Crippen molar-refractivity contribution in [2.75, 3.05) is 4.90 Å². The molecule has 1 nitrogen and oxygen atoms in total. The van der Waals surface area contributed by atoms with Gasteiger partial charge in [0.05, 0.1) is 5.69 Å². The van der Waals surface area contributed by atoms with Crippen LogP contribution in [0.1, 0.15) is 101 Å². The van der Waals surface area contributed by atoms with E-state index in [-0.39, 0.29) is 16.2 Å². The lowest BCUT2D eigenvalue weighted by Crippen LogP contribution is -2.33. The molecule has 0 saturated heterocycles. The number of benzene rings is 6. The molecule has 0 spiro atoms. The Labute approximate surface area is 311 Å². The quantitative estimate of drug-likeness (QED) is 0.176. The van der Waals surface area contributed by atoms with Crippen LogP contribution in [0.15, 0.2) is 127 Å². The van der Waals surface area contributed by atoms with Crippen molar-refractivity contribution >= 4 is 17.1 Å². The van der Waals surface area contributed by atoms with Gasteiger partial charge in [-0.05, 0) is 141 Å². The minimum absolute atomic E-state index is 0.101. The van der Waals surface area contributed by atoms with Crippen molar-refractivity contribution in [3.05, 3.63) is 161 Å². The lowest BCUT2D eigenvalue weighted by molar-refractivity contribution is 0.332. The number of nitrogens with zero attached hydrogens (tertiary/aromatic N) is 1. The highest BCUT2D eigenvalue weighted by atomic mass is 15.1. The van der Waals surface area contributed by atoms with E-state index in [2.05, 4.69) is 174 Å². The first-order valence-corrected chi connectivity index (χ1v) is 19.5. The van der Waals surface area contributed by atoms with Gasteiger partial charge in [0.1, 0.15) is 0 Å². The van der Waals surface area contributed by atoms with Gasteiger partial charge in [-0.1, -0.05) is 139 Å². The van der Waals surface area contributed by atoms with E-state index in [4.69, 9.17) is 0 Å². The Morgan fingerprint density at radius 3 is 1.90 bits per heavy atom. The van der Waals surface area contributed by atoms with Crippen LogP contribution >= 0.6 is 0 Å². The Bertz CT molecular complexity index is 2320. The van der Waals surface area contributed by atoms with Crippen molar-refractivity contribution < 1.29 is 0 Å². The molecule has 0 amide bonds. The maximum Gasteiger partial charge on any atom is 0.0543 e. The third kappa shape index (κ3) is 5.27. The van der Waals surface area contributed by atoms with Crippen molar-refractivity contribution in [1.29, 1.82) is 0 Å². The summed E-state index contributed by atoms with van der Waals surface area (Å²) in [5.41, 5.74) is 20.7. The predicted molar refractivity (Wildman–Crippen MR) is 221 cm³/mol. The molecule has 0 bridgehead atoms. The number of aryl methyl sites for hydroxylation is 1. The van der Waals surface area contributed by atoms with E-state index in [1.54, 1.807) is 0 Å². The Morgan fingerprint density at radius 2 is 1.12 bits per heavy atom. The summed E-state index contributed by atoms with van der Waals surface area (Å²) in [7, 11) is 0. The number of fused-ring (bicyclic) bond motifs is 5. The molecule has 52 heavy (non-hydrogen) atoms. The minimum Gasteiger partial charge on any atom is -0.310 e. The van der Waals surface area contributed by atoms with Crippen LogP contribution < -0.4 is 4.90 Å². The van der Waals surface area contributed by atoms with E-state index < -0.39 is 0 Å². The summed E-state index contributed by atoms with van der Waals surface area (Å²) in [5.74, 6) is 0. The third-order valence-electron chi connectivity index (χ3n) is 12.9. The number of hydrogen-bond donors (Lipinski definition) is 0. The van der Waals surface area contributed by atoms with Crippen molar-refractivity contribution in [2.24, 2.45) is 0 Å². The van der Waals surface area contributed by atoms with Crippen LogP contribution in [-0.4, -0.2) is 0 Å².